The SMILES string of the molecule is O=c1c(Br)c(Cl)ncn1C1CCCCCC1. The Kier molecular flexibility index (Phi) is 4.03. The first kappa shape index (κ1) is 12.1. The van der Waals surface area contributed by atoms with Gasteiger partial charge in [0.2, 0.25) is 0 Å². The Bertz CT molecular complexity index is 424. The summed E-state index contributed by atoms with van der Waals surface area (Å²) in [5, 5.41) is 0.245. The van der Waals surface area contributed by atoms with Crippen molar-refractivity contribution in [1.29, 1.82) is 0 Å². The fourth-order valence-corrected chi connectivity index (χ4v) is 2.65. The number of hydrogen-bond acceptors (Lipinski definition) is 2. The number of hydrogen-bond donors (Lipinski definition) is 0. The molecule has 1 heterocycles. The third-order valence-corrected chi connectivity index (χ3v) is 4.35. The molecule has 0 saturated heterocycles. The molecular weight excluding hydrogens is 291 g/mol. The van der Waals surface area contributed by atoms with Gasteiger partial charge in [0.15, 0.2) is 5.15 Å². The average Bonchev–Trinajstić information content (AvgIpc) is 2.55. The highest BCUT2D eigenvalue weighted by molar-refractivity contribution is 9.10. The van der Waals surface area contributed by atoms with E-state index in [1.54, 1.807) is 10.9 Å². The van der Waals surface area contributed by atoms with Crippen LogP contribution >= 0.6 is 27.5 Å². The van der Waals surface area contributed by atoms with Crippen LogP contribution in [0.1, 0.15) is 44.6 Å². The molecule has 0 atom stereocenters. The van der Waals surface area contributed by atoms with E-state index >= 15 is 0 Å². The molecule has 1 saturated carbocycles. The van der Waals surface area contributed by atoms with E-state index in [1.807, 2.05) is 0 Å². The van der Waals surface area contributed by atoms with Crippen molar-refractivity contribution in [1.82, 2.24) is 9.55 Å². The van der Waals surface area contributed by atoms with Crippen LogP contribution in [0.3, 0.4) is 0 Å². The molecule has 1 aliphatic rings. The van der Waals surface area contributed by atoms with Crippen LogP contribution in [0.2, 0.25) is 5.15 Å². The normalized spacial score (nSPS) is 18.4. The van der Waals surface area contributed by atoms with E-state index in [1.165, 1.54) is 25.7 Å². The highest BCUT2D eigenvalue weighted by Gasteiger charge is 2.17. The van der Waals surface area contributed by atoms with Crippen molar-refractivity contribution in [3.8, 4) is 0 Å². The van der Waals surface area contributed by atoms with E-state index in [0.717, 1.165) is 12.8 Å². The first-order chi connectivity index (χ1) is 7.70. The monoisotopic (exact) mass is 304 g/mol. The fourth-order valence-electron chi connectivity index (χ4n) is 2.22. The minimum Gasteiger partial charge on any atom is -0.295 e. The van der Waals surface area contributed by atoms with Crippen LogP contribution < -0.4 is 5.56 Å². The van der Waals surface area contributed by atoms with Crippen LogP contribution in [0.25, 0.3) is 0 Å². The molecule has 0 bridgehead atoms. The second-order valence-corrected chi connectivity index (χ2v) is 5.36. The van der Waals surface area contributed by atoms with Crippen LogP contribution in [0.4, 0.5) is 0 Å². The van der Waals surface area contributed by atoms with Crippen LogP contribution in [0.15, 0.2) is 15.6 Å². The summed E-state index contributed by atoms with van der Waals surface area (Å²) >= 11 is 8.97. The van der Waals surface area contributed by atoms with Gasteiger partial charge in [-0.05, 0) is 28.8 Å². The topological polar surface area (TPSA) is 34.9 Å². The second-order valence-electron chi connectivity index (χ2n) is 4.21. The molecule has 0 radical (unpaired) electrons. The molecule has 1 fully saturated rings. The van der Waals surface area contributed by atoms with Crippen molar-refractivity contribution in [3.05, 3.63) is 26.3 Å². The molecule has 1 aromatic rings. The minimum atomic E-state index is -0.0631. The van der Waals surface area contributed by atoms with Crippen molar-refractivity contribution in [3.63, 3.8) is 0 Å². The van der Waals surface area contributed by atoms with Crippen molar-refractivity contribution in [2.75, 3.05) is 0 Å². The number of nitrogens with zero attached hydrogens (tertiary/aromatic N) is 2. The molecule has 16 heavy (non-hydrogen) atoms. The zero-order chi connectivity index (χ0) is 11.5. The van der Waals surface area contributed by atoms with E-state index in [0.29, 0.717) is 4.47 Å². The van der Waals surface area contributed by atoms with Crippen molar-refractivity contribution >= 4 is 27.5 Å². The maximum Gasteiger partial charge on any atom is 0.269 e. The number of aromatic nitrogens is 2. The van der Waals surface area contributed by atoms with Crippen molar-refractivity contribution < 1.29 is 0 Å². The first-order valence-corrected chi connectivity index (χ1v) is 6.79. The average molecular weight is 306 g/mol. The summed E-state index contributed by atoms with van der Waals surface area (Å²) in [7, 11) is 0. The Morgan fingerprint density at radius 2 is 1.94 bits per heavy atom. The van der Waals surface area contributed by atoms with Gasteiger partial charge in [0.1, 0.15) is 4.47 Å². The smallest absolute Gasteiger partial charge is 0.269 e. The lowest BCUT2D eigenvalue weighted by Crippen LogP contribution is -2.25. The third-order valence-electron chi connectivity index (χ3n) is 3.12. The molecule has 0 spiro atoms. The van der Waals surface area contributed by atoms with Gasteiger partial charge in [-0.15, -0.1) is 0 Å². The molecule has 0 N–H and O–H groups in total. The zero-order valence-electron chi connectivity index (χ0n) is 8.96. The maximum atomic E-state index is 12.0. The quantitative estimate of drug-likeness (QED) is 0.587. The fraction of sp³-hybridized carbons (Fsp3) is 0.636. The Morgan fingerprint density at radius 1 is 1.31 bits per heavy atom. The highest BCUT2D eigenvalue weighted by Crippen LogP contribution is 2.26. The van der Waals surface area contributed by atoms with Crippen molar-refractivity contribution in [2.45, 2.75) is 44.6 Å². The Labute approximate surface area is 108 Å². The molecule has 5 heteroatoms. The van der Waals surface area contributed by atoms with Crippen LogP contribution in [-0.4, -0.2) is 9.55 Å². The summed E-state index contributed by atoms with van der Waals surface area (Å²) in [5.41, 5.74) is -0.0631. The van der Waals surface area contributed by atoms with Gasteiger partial charge in [-0.2, -0.15) is 0 Å². The Hall–Kier alpha value is -0.350. The van der Waals surface area contributed by atoms with E-state index in [2.05, 4.69) is 20.9 Å². The van der Waals surface area contributed by atoms with E-state index < -0.39 is 0 Å². The zero-order valence-corrected chi connectivity index (χ0v) is 11.3. The van der Waals surface area contributed by atoms with E-state index in [-0.39, 0.29) is 16.8 Å². The standard InChI is InChI=1S/C11H14BrClN2O/c12-9-10(13)14-7-15(11(9)16)8-5-3-1-2-4-6-8/h7-8H,1-6H2. The molecule has 88 valence electrons. The van der Waals surface area contributed by atoms with Gasteiger partial charge in [0.05, 0.1) is 6.33 Å². The largest absolute Gasteiger partial charge is 0.295 e. The molecule has 3 nitrogen and oxygen atoms in total. The third kappa shape index (κ3) is 2.48. The lowest BCUT2D eigenvalue weighted by molar-refractivity contribution is 0.426. The van der Waals surface area contributed by atoms with Gasteiger partial charge < -0.3 is 0 Å². The molecule has 1 aliphatic carbocycles. The van der Waals surface area contributed by atoms with Gasteiger partial charge in [-0.1, -0.05) is 37.3 Å². The number of halogens is 2. The summed E-state index contributed by atoms with van der Waals surface area (Å²) in [6.07, 6.45) is 8.63. The lowest BCUT2D eigenvalue weighted by atomic mass is 10.1. The summed E-state index contributed by atoms with van der Waals surface area (Å²) in [4.78, 5) is 16.0. The predicted octanol–water partition coefficient (Wildman–Crippen LogP) is 3.55. The molecule has 0 amide bonds. The van der Waals surface area contributed by atoms with Crippen LogP contribution in [0, 0.1) is 0 Å². The summed E-state index contributed by atoms with van der Waals surface area (Å²) in [6.45, 7) is 0. The summed E-state index contributed by atoms with van der Waals surface area (Å²) in [5.74, 6) is 0. The molecule has 0 aromatic carbocycles. The van der Waals surface area contributed by atoms with Crippen LogP contribution in [-0.2, 0) is 0 Å². The summed E-state index contributed by atoms with van der Waals surface area (Å²) < 4.78 is 2.10. The highest BCUT2D eigenvalue weighted by atomic mass is 79.9. The molecule has 0 aliphatic heterocycles. The molecule has 1 aromatic heterocycles. The van der Waals surface area contributed by atoms with Crippen molar-refractivity contribution in [2.24, 2.45) is 0 Å². The Balaban J connectivity index is 2.32. The van der Waals surface area contributed by atoms with E-state index in [4.69, 9.17) is 11.6 Å². The molecule has 2 rings (SSSR count). The van der Waals surface area contributed by atoms with Gasteiger partial charge in [-0.3, -0.25) is 9.36 Å². The number of rotatable bonds is 1. The van der Waals surface area contributed by atoms with Gasteiger partial charge in [0.25, 0.3) is 5.56 Å². The molecule has 0 unspecified atom stereocenters. The Morgan fingerprint density at radius 3 is 2.56 bits per heavy atom. The van der Waals surface area contributed by atoms with Gasteiger partial charge in [-0.25, -0.2) is 4.98 Å². The second kappa shape index (κ2) is 5.32. The lowest BCUT2D eigenvalue weighted by Gasteiger charge is -2.17. The summed E-state index contributed by atoms with van der Waals surface area (Å²) in [6, 6.07) is 0.288. The van der Waals surface area contributed by atoms with Gasteiger partial charge in [0, 0.05) is 6.04 Å². The molecular formula is C11H14BrClN2O. The first-order valence-electron chi connectivity index (χ1n) is 5.62. The minimum absolute atomic E-state index is 0.0631. The van der Waals surface area contributed by atoms with Crippen LogP contribution in [0.5, 0.6) is 0 Å². The predicted molar refractivity (Wildman–Crippen MR) is 67.9 cm³/mol. The van der Waals surface area contributed by atoms with Gasteiger partial charge >= 0.3 is 0 Å². The van der Waals surface area contributed by atoms with E-state index in [9.17, 15) is 4.79 Å². The maximum absolute atomic E-state index is 12.0.